The van der Waals surface area contributed by atoms with Crippen LogP contribution in [0.15, 0.2) is 24.3 Å². The first-order valence-electron chi connectivity index (χ1n) is 6.65. The summed E-state index contributed by atoms with van der Waals surface area (Å²) >= 11 is 0. The molecule has 1 aliphatic heterocycles. The number of rotatable bonds is 4. The third-order valence-electron chi connectivity index (χ3n) is 3.27. The zero-order valence-corrected chi connectivity index (χ0v) is 11.1. The van der Waals surface area contributed by atoms with Crippen LogP contribution in [0.1, 0.15) is 17.5 Å². The number of benzene rings is 1. The number of hydrogen-bond acceptors (Lipinski definition) is 4. The zero-order valence-electron chi connectivity index (χ0n) is 11.1. The molecule has 1 aromatic rings. The molecular formula is C14H21N3O2. The van der Waals surface area contributed by atoms with Gasteiger partial charge in [-0.3, -0.25) is 15.1 Å². The zero-order chi connectivity index (χ0) is 13.5. The smallest absolute Gasteiger partial charge is 0.238 e. The topological polar surface area (TPSA) is 67.6 Å². The average molecular weight is 263 g/mol. The Bertz CT molecular complexity index is 398. The minimum Gasteiger partial charge on any atom is -0.380 e. The fraction of sp³-hybridized carbons (Fsp3) is 0.500. The second kappa shape index (κ2) is 7.23. The van der Waals surface area contributed by atoms with Crippen molar-refractivity contribution in [1.82, 2.24) is 10.3 Å². The SMILES string of the molecule is NNC(=O)Cc1ccc(CN2CCCOCC2)cc1. The molecule has 0 unspecified atom stereocenters. The highest BCUT2D eigenvalue weighted by Crippen LogP contribution is 2.10. The van der Waals surface area contributed by atoms with Crippen molar-refractivity contribution in [2.24, 2.45) is 5.84 Å². The number of nitrogens with zero attached hydrogens (tertiary/aromatic N) is 1. The Labute approximate surface area is 113 Å². The van der Waals surface area contributed by atoms with E-state index in [-0.39, 0.29) is 5.91 Å². The second-order valence-corrected chi connectivity index (χ2v) is 4.80. The van der Waals surface area contributed by atoms with Crippen molar-refractivity contribution >= 4 is 5.91 Å². The fourth-order valence-corrected chi connectivity index (χ4v) is 2.21. The van der Waals surface area contributed by atoms with Crippen LogP contribution >= 0.6 is 0 Å². The summed E-state index contributed by atoms with van der Waals surface area (Å²) in [7, 11) is 0. The van der Waals surface area contributed by atoms with Crippen LogP contribution in [0.4, 0.5) is 0 Å². The van der Waals surface area contributed by atoms with Gasteiger partial charge in [0.25, 0.3) is 0 Å². The lowest BCUT2D eigenvalue weighted by atomic mass is 10.1. The second-order valence-electron chi connectivity index (χ2n) is 4.80. The Hall–Kier alpha value is -1.43. The number of carbonyl (C=O) groups excluding carboxylic acids is 1. The molecule has 0 spiro atoms. The van der Waals surface area contributed by atoms with E-state index in [0.717, 1.165) is 44.8 Å². The quantitative estimate of drug-likeness (QED) is 0.470. The van der Waals surface area contributed by atoms with Crippen LogP contribution in [0, 0.1) is 0 Å². The molecule has 1 heterocycles. The van der Waals surface area contributed by atoms with Crippen LogP contribution in [0.2, 0.25) is 0 Å². The lowest BCUT2D eigenvalue weighted by molar-refractivity contribution is -0.120. The van der Waals surface area contributed by atoms with Gasteiger partial charge in [0.15, 0.2) is 0 Å². The van der Waals surface area contributed by atoms with Crippen LogP contribution in [-0.2, 0) is 22.5 Å². The molecule has 0 bridgehead atoms. The van der Waals surface area contributed by atoms with Crippen molar-refractivity contribution in [3.8, 4) is 0 Å². The molecule has 0 radical (unpaired) electrons. The van der Waals surface area contributed by atoms with Crippen LogP contribution in [0.5, 0.6) is 0 Å². The van der Waals surface area contributed by atoms with Gasteiger partial charge in [0.2, 0.25) is 5.91 Å². The first-order valence-corrected chi connectivity index (χ1v) is 6.65. The summed E-state index contributed by atoms with van der Waals surface area (Å²) < 4.78 is 5.44. The third-order valence-corrected chi connectivity index (χ3v) is 3.27. The van der Waals surface area contributed by atoms with Gasteiger partial charge in [-0.2, -0.15) is 0 Å². The molecule has 0 aliphatic carbocycles. The van der Waals surface area contributed by atoms with Crippen molar-refractivity contribution in [1.29, 1.82) is 0 Å². The van der Waals surface area contributed by atoms with Gasteiger partial charge in [-0.15, -0.1) is 0 Å². The van der Waals surface area contributed by atoms with Crippen LogP contribution in [-0.4, -0.2) is 37.1 Å². The van der Waals surface area contributed by atoms with Gasteiger partial charge < -0.3 is 4.74 Å². The molecular weight excluding hydrogens is 242 g/mol. The number of nitrogens with two attached hydrogens (primary N) is 1. The number of hydrazine groups is 1. The Balaban J connectivity index is 1.88. The molecule has 1 amide bonds. The minimum atomic E-state index is -0.169. The molecule has 3 N–H and O–H groups in total. The highest BCUT2D eigenvalue weighted by atomic mass is 16.5. The largest absolute Gasteiger partial charge is 0.380 e. The van der Waals surface area contributed by atoms with E-state index in [1.165, 1.54) is 5.56 Å². The molecule has 19 heavy (non-hydrogen) atoms. The number of ether oxygens (including phenoxy) is 1. The van der Waals surface area contributed by atoms with Crippen molar-refractivity contribution in [2.45, 2.75) is 19.4 Å². The van der Waals surface area contributed by atoms with E-state index in [2.05, 4.69) is 22.5 Å². The minimum absolute atomic E-state index is 0.169. The summed E-state index contributed by atoms with van der Waals surface area (Å²) in [4.78, 5) is 13.6. The van der Waals surface area contributed by atoms with Crippen molar-refractivity contribution in [2.75, 3.05) is 26.3 Å². The summed E-state index contributed by atoms with van der Waals surface area (Å²) in [6, 6.07) is 8.12. The van der Waals surface area contributed by atoms with E-state index < -0.39 is 0 Å². The maximum atomic E-state index is 11.2. The van der Waals surface area contributed by atoms with E-state index in [0.29, 0.717) is 6.42 Å². The lowest BCUT2D eigenvalue weighted by Crippen LogP contribution is -2.31. The van der Waals surface area contributed by atoms with Crippen molar-refractivity contribution < 1.29 is 9.53 Å². The average Bonchev–Trinajstić information content (AvgIpc) is 2.69. The predicted molar refractivity (Wildman–Crippen MR) is 73.2 cm³/mol. The summed E-state index contributed by atoms with van der Waals surface area (Å²) in [5.74, 6) is 4.90. The van der Waals surface area contributed by atoms with Gasteiger partial charge in [0, 0.05) is 26.2 Å². The normalized spacial score (nSPS) is 16.9. The molecule has 104 valence electrons. The summed E-state index contributed by atoms with van der Waals surface area (Å²) in [6.07, 6.45) is 1.42. The molecule has 1 aromatic carbocycles. The van der Waals surface area contributed by atoms with E-state index in [1.807, 2.05) is 12.1 Å². The van der Waals surface area contributed by atoms with Crippen LogP contribution < -0.4 is 11.3 Å². The Morgan fingerprint density at radius 2 is 1.95 bits per heavy atom. The number of carbonyl (C=O) groups is 1. The molecule has 0 atom stereocenters. The van der Waals surface area contributed by atoms with E-state index >= 15 is 0 Å². The Morgan fingerprint density at radius 1 is 1.21 bits per heavy atom. The maximum Gasteiger partial charge on any atom is 0.238 e. The van der Waals surface area contributed by atoms with Gasteiger partial charge in [0.05, 0.1) is 13.0 Å². The predicted octanol–water partition coefficient (Wildman–Crippen LogP) is 0.441. The van der Waals surface area contributed by atoms with Gasteiger partial charge in [-0.25, -0.2) is 5.84 Å². The molecule has 5 heteroatoms. The van der Waals surface area contributed by atoms with Crippen molar-refractivity contribution in [3.05, 3.63) is 35.4 Å². The molecule has 0 aromatic heterocycles. The summed E-state index contributed by atoms with van der Waals surface area (Å²) in [5, 5.41) is 0. The van der Waals surface area contributed by atoms with Crippen molar-refractivity contribution in [3.63, 3.8) is 0 Å². The third kappa shape index (κ3) is 4.63. The number of nitrogens with one attached hydrogen (secondary N) is 1. The lowest BCUT2D eigenvalue weighted by Gasteiger charge is -2.19. The summed E-state index contributed by atoms with van der Waals surface area (Å²) in [5.41, 5.74) is 4.38. The van der Waals surface area contributed by atoms with Gasteiger partial charge in [-0.1, -0.05) is 24.3 Å². The number of amides is 1. The molecule has 2 rings (SSSR count). The molecule has 1 fully saturated rings. The molecule has 1 saturated heterocycles. The maximum absolute atomic E-state index is 11.2. The van der Waals surface area contributed by atoms with Crippen LogP contribution in [0.25, 0.3) is 0 Å². The Morgan fingerprint density at radius 3 is 2.68 bits per heavy atom. The fourth-order valence-electron chi connectivity index (χ4n) is 2.21. The number of hydrogen-bond donors (Lipinski definition) is 2. The first kappa shape index (κ1) is 14.0. The van der Waals surface area contributed by atoms with E-state index in [4.69, 9.17) is 10.6 Å². The van der Waals surface area contributed by atoms with Gasteiger partial charge in [0.1, 0.15) is 0 Å². The van der Waals surface area contributed by atoms with Crippen LogP contribution in [0.3, 0.4) is 0 Å². The molecule has 1 aliphatic rings. The van der Waals surface area contributed by atoms with Gasteiger partial charge in [-0.05, 0) is 17.5 Å². The highest BCUT2D eigenvalue weighted by molar-refractivity contribution is 5.77. The standard InChI is InChI=1S/C14H21N3O2/c15-16-14(18)10-12-2-4-13(5-3-12)11-17-6-1-8-19-9-7-17/h2-5H,1,6-11,15H2,(H,16,18). The molecule has 5 nitrogen and oxygen atoms in total. The Kier molecular flexibility index (Phi) is 5.32. The molecule has 0 saturated carbocycles. The van der Waals surface area contributed by atoms with E-state index in [1.54, 1.807) is 0 Å². The highest BCUT2D eigenvalue weighted by Gasteiger charge is 2.09. The first-order chi connectivity index (χ1) is 9.28. The monoisotopic (exact) mass is 263 g/mol. The summed E-state index contributed by atoms with van der Waals surface area (Å²) in [6.45, 7) is 4.68. The van der Waals surface area contributed by atoms with Gasteiger partial charge >= 0.3 is 0 Å². The van der Waals surface area contributed by atoms with E-state index in [9.17, 15) is 4.79 Å².